The van der Waals surface area contributed by atoms with Crippen LogP contribution in [-0.4, -0.2) is 0 Å². The first-order chi connectivity index (χ1) is 10.4. The van der Waals surface area contributed by atoms with Gasteiger partial charge in [-0.15, -0.1) is 4.91 Å². The molecule has 0 saturated carbocycles. The van der Waals surface area contributed by atoms with E-state index in [4.69, 9.17) is 0 Å². The van der Waals surface area contributed by atoms with Gasteiger partial charge < -0.3 is 0 Å². The lowest BCUT2D eigenvalue weighted by molar-refractivity contribution is 1.32. The molecule has 3 heteroatoms. The molecule has 102 valence electrons. The predicted molar refractivity (Wildman–Crippen MR) is 88.7 cm³/mol. The van der Waals surface area contributed by atoms with Crippen LogP contribution in [0.3, 0.4) is 0 Å². The highest BCUT2D eigenvalue weighted by atomic mass is 16.3. The van der Waals surface area contributed by atoms with Crippen LogP contribution in [-0.2, 0) is 0 Å². The molecular weight excluding hydrogens is 260 g/mol. The van der Waals surface area contributed by atoms with Gasteiger partial charge in [0.05, 0.1) is 11.0 Å². The van der Waals surface area contributed by atoms with Gasteiger partial charge >= 0.3 is 0 Å². The lowest BCUT2D eigenvalue weighted by atomic mass is 10.0. The van der Waals surface area contributed by atoms with Crippen molar-refractivity contribution in [2.75, 3.05) is 5.43 Å². The fourth-order valence-corrected chi connectivity index (χ4v) is 2.37. The fraction of sp³-hybridized carbons (Fsp3) is 0. The second-order valence-corrected chi connectivity index (χ2v) is 4.70. The van der Waals surface area contributed by atoms with Crippen molar-refractivity contribution in [1.82, 2.24) is 0 Å². The van der Waals surface area contributed by atoms with Crippen molar-refractivity contribution < 1.29 is 0 Å². The summed E-state index contributed by atoms with van der Waals surface area (Å²) < 4.78 is 0. The molecule has 3 aromatic rings. The monoisotopic (exact) mass is 274 g/mol. The number of anilines is 1. The van der Waals surface area contributed by atoms with Crippen LogP contribution >= 0.6 is 0 Å². The average Bonchev–Trinajstić information content (AvgIpc) is 2.55. The van der Waals surface area contributed by atoms with Gasteiger partial charge in [0.1, 0.15) is 0 Å². The molecule has 3 rings (SSSR count). The SMILES string of the molecule is O=NNc1ccc2ccccc2c1C=Cc1ccccc1. The maximum absolute atomic E-state index is 10.6. The quantitative estimate of drug-likeness (QED) is 0.408. The van der Waals surface area contributed by atoms with Crippen LogP contribution in [0.15, 0.2) is 72.0 Å². The van der Waals surface area contributed by atoms with Gasteiger partial charge in [0, 0.05) is 5.56 Å². The molecule has 0 bridgehead atoms. The topological polar surface area (TPSA) is 41.5 Å². The Bertz CT molecular complexity index is 795. The molecule has 0 amide bonds. The third-order valence-electron chi connectivity index (χ3n) is 3.38. The van der Waals surface area contributed by atoms with Crippen LogP contribution < -0.4 is 5.43 Å². The Kier molecular flexibility index (Phi) is 3.74. The molecule has 0 radical (unpaired) electrons. The molecule has 0 heterocycles. The number of fused-ring (bicyclic) bond motifs is 1. The Labute approximate surface area is 122 Å². The van der Waals surface area contributed by atoms with Crippen LogP contribution in [0.5, 0.6) is 0 Å². The second-order valence-electron chi connectivity index (χ2n) is 4.70. The Morgan fingerprint density at radius 3 is 2.38 bits per heavy atom. The van der Waals surface area contributed by atoms with Gasteiger partial charge in [-0.2, -0.15) is 0 Å². The van der Waals surface area contributed by atoms with Crippen molar-refractivity contribution in [3.8, 4) is 0 Å². The van der Waals surface area contributed by atoms with E-state index in [0.29, 0.717) is 5.69 Å². The van der Waals surface area contributed by atoms with E-state index in [1.165, 1.54) is 0 Å². The van der Waals surface area contributed by atoms with Crippen LogP contribution in [0.25, 0.3) is 22.9 Å². The van der Waals surface area contributed by atoms with E-state index >= 15 is 0 Å². The molecule has 0 fully saturated rings. The fourth-order valence-electron chi connectivity index (χ4n) is 2.37. The predicted octanol–water partition coefficient (Wildman–Crippen LogP) is 5.10. The molecule has 0 aliphatic rings. The third kappa shape index (κ3) is 2.82. The molecule has 0 saturated heterocycles. The summed E-state index contributed by atoms with van der Waals surface area (Å²) >= 11 is 0. The standard InChI is InChI=1S/C18H14N2O/c21-20-19-18-13-11-15-8-4-5-9-16(15)17(18)12-10-14-6-2-1-3-7-14/h1-13H,(H,19,21). The van der Waals surface area contributed by atoms with Gasteiger partial charge in [0.15, 0.2) is 0 Å². The highest BCUT2D eigenvalue weighted by Crippen LogP contribution is 2.28. The van der Waals surface area contributed by atoms with Crippen molar-refractivity contribution in [3.63, 3.8) is 0 Å². The number of hydrogen-bond acceptors (Lipinski definition) is 2. The molecule has 0 aliphatic carbocycles. The van der Waals surface area contributed by atoms with E-state index in [1.807, 2.05) is 78.9 Å². The van der Waals surface area contributed by atoms with E-state index in [2.05, 4.69) is 10.7 Å². The normalized spacial score (nSPS) is 10.9. The number of nitroso groups, excluding NO2 is 1. The highest BCUT2D eigenvalue weighted by molar-refractivity contribution is 5.97. The van der Waals surface area contributed by atoms with Crippen LogP contribution in [0, 0.1) is 4.91 Å². The zero-order valence-corrected chi connectivity index (χ0v) is 11.4. The summed E-state index contributed by atoms with van der Waals surface area (Å²) in [6, 6.07) is 22.0. The summed E-state index contributed by atoms with van der Waals surface area (Å²) in [6.07, 6.45) is 4.03. The number of benzene rings is 3. The summed E-state index contributed by atoms with van der Waals surface area (Å²) in [5, 5.41) is 5.00. The van der Waals surface area contributed by atoms with Gasteiger partial charge in [-0.25, -0.2) is 5.43 Å². The lowest BCUT2D eigenvalue weighted by Crippen LogP contribution is -1.91. The van der Waals surface area contributed by atoms with E-state index in [-0.39, 0.29) is 0 Å². The molecule has 0 atom stereocenters. The minimum absolute atomic E-state index is 0.705. The Hall–Kier alpha value is -2.94. The van der Waals surface area contributed by atoms with Crippen LogP contribution in [0.4, 0.5) is 5.69 Å². The molecule has 3 nitrogen and oxygen atoms in total. The smallest absolute Gasteiger partial charge is 0.0672 e. The molecule has 21 heavy (non-hydrogen) atoms. The van der Waals surface area contributed by atoms with Crippen molar-refractivity contribution in [3.05, 3.63) is 82.8 Å². The Balaban J connectivity index is 2.12. The summed E-state index contributed by atoms with van der Waals surface area (Å²) in [5.74, 6) is 0. The minimum Gasteiger partial charge on any atom is -0.242 e. The van der Waals surface area contributed by atoms with E-state index in [1.54, 1.807) is 0 Å². The number of rotatable bonds is 4. The van der Waals surface area contributed by atoms with Crippen molar-refractivity contribution in [2.45, 2.75) is 0 Å². The maximum Gasteiger partial charge on any atom is 0.0672 e. The van der Waals surface area contributed by atoms with E-state index < -0.39 is 0 Å². The molecule has 0 aromatic heterocycles. The van der Waals surface area contributed by atoms with Crippen molar-refractivity contribution >= 4 is 28.6 Å². The highest BCUT2D eigenvalue weighted by Gasteiger charge is 2.04. The summed E-state index contributed by atoms with van der Waals surface area (Å²) in [5.41, 5.74) is 5.29. The summed E-state index contributed by atoms with van der Waals surface area (Å²) in [7, 11) is 0. The molecule has 3 aromatic carbocycles. The van der Waals surface area contributed by atoms with Gasteiger partial charge in [-0.3, -0.25) is 0 Å². The first-order valence-corrected chi connectivity index (χ1v) is 6.72. The van der Waals surface area contributed by atoms with Gasteiger partial charge in [0.2, 0.25) is 0 Å². The minimum atomic E-state index is 0.705. The summed E-state index contributed by atoms with van der Waals surface area (Å²) in [4.78, 5) is 10.6. The Morgan fingerprint density at radius 1 is 0.810 bits per heavy atom. The van der Waals surface area contributed by atoms with Gasteiger partial charge in [-0.05, 0) is 22.4 Å². The number of nitrogens with zero attached hydrogens (tertiary/aromatic N) is 1. The largest absolute Gasteiger partial charge is 0.242 e. The number of hydrogen-bond donors (Lipinski definition) is 1. The molecule has 0 aliphatic heterocycles. The summed E-state index contributed by atoms with van der Waals surface area (Å²) in [6.45, 7) is 0. The zero-order chi connectivity index (χ0) is 14.5. The molecular formula is C18H14N2O. The van der Waals surface area contributed by atoms with Crippen LogP contribution in [0.2, 0.25) is 0 Å². The molecule has 0 spiro atoms. The third-order valence-corrected chi connectivity index (χ3v) is 3.38. The van der Waals surface area contributed by atoms with Crippen molar-refractivity contribution in [1.29, 1.82) is 0 Å². The maximum atomic E-state index is 10.6. The Morgan fingerprint density at radius 2 is 1.57 bits per heavy atom. The molecule has 0 unspecified atom stereocenters. The first kappa shape index (κ1) is 13.1. The average molecular weight is 274 g/mol. The first-order valence-electron chi connectivity index (χ1n) is 6.72. The van der Waals surface area contributed by atoms with Crippen LogP contribution in [0.1, 0.15) is 11.1 Å². The van der Waals surface area contributed by atoms with Gasteiger partial charge in [-0.1, -0.05) is 72.8 Å². The number of nitrogens with one attached hydrogen (secondary N) is 1. The second kappa shape index (κ2) is 6.01. The zero-order valence-electron chi connectivity index (χ0n) is 11.4. The van der Waals surface area contributed by atoms with E-state index in [0.717, 1.165) is 21.9 Å². The van der Waals surface area contributed by atoms with Gasteiger partial charge in [0.25, 0.3) is 0 Å². The molecule has 1 N–H and O–H groups in total. The lowest BCUT2D eigenvalue weighted by Gasteiger charge is -2.08. The van der Waals surface area contributed by atoms with Crippen molar-refractivity contribution in [2.24, 2.45) is 5.29 Å². The van der Waals surface area contributed by atoms with E-state index in [9.17, 15) is 4.91 Å².